The number of pyridine rings is 1. The lowest BCUT2D eigenvalue weighted by atomic mass is 9.75. The van der Waals surface area contributed by atoms with E-state index in [1.54, 1.807) is 0 Å². The summed E-state index contributed by atoms with van der Waals surface area (Å²) in [5, 5.41) is 0. The average Bonchev–Trinajstić information content (AvgIpc) is 2.56. The fourth-order valence-corrected chi connectivity index (χ4v) is 4.18. The highest BCUT2D eigenvalue weighted by Gasteiger charge is 2.40. The summed E-state index contributed by atoms with van der Waals surface area (Å²) in [5.41, 5.74) is 6.47. The Balaban J connectivity index is 1.64. The zero-order valence-electron chi connectivity index (χ0n) is 13.2. The van der Waals surface area contributed by atoms with Gasteiger partial charge in [-0.05, 0) is 30.9 Å². The largest absolute Gasteiger partial charge is 0.354 e. The molecule has 0 amide bonds. The van der Waals surface area contributed by atoms with Crippen molar-refractivity contribution in [2.45, 2.75) is 38.1 Å². The quantitative estimate of drug-likeness (QED) is 0.925. The highest BCUT2D eigenvalue weighted by molar-refractivity contribution is 5.38. The van der Waals surface area contributed by atoms with Gasteiger partial charge in [-0.2, -0.15) is 0 Å². The maximum absolute atomic E-state index is 6.21. The van der Waals surface area contributed by atoms with Crippen molar-refractivity contribution >= 4 is 5.82 Å². The third-order valence-electron chi connectivity index (χ3n) is 5.37. The van der Waals surface area contributed by atoms with Crippen molar-refractivity contribution in [2.24, 2.45) is 11.7 Å². The highest BCUT2D eigenvalue weighted by Crippen LogP contribution is 2.36. The van der Waals surface area contributed by atoms with Crippen LogP contribution in [0.5, 0.6) is 0 Å². The van der Waals surface area contributed by atoms with E-state index in [2.05, 4.69) is 33.8 Å². The van der Waals surface area contributed by atoms with E-state index >= 15 is 0 Å². The van der Waals surface area contributed by atoms with Gasteiger partial charge in [-0.15, -0.1) is 0 Å². The fourth-order valence-electron chi connectivity index (χ4n) is 4.18. The fraction of sp³-hybridized carbons (Fsp3) is 0.706. The molecule has 116 valence electrons. The van der Waals surface area contributed by atoms with Gasteiger partial charge in [0.1, 0.15) is 5.82 Å². The first-order chi connectivity index (χ1) is 10.2. The molecule has 1 saturated carbocycles. The summed E-state index contributed by atoms with van der Waals surface area (Å²) in [5.74, 6) is 1.92. The topological polar surface area (TPSA) is 45.4 Å². The van der Waals surface area contributed by atoms with E-state index in [0.29, 0.717) is 0 Å². The van der Waals surface area contributed by atoms with Gasteiger partial charge in [-0.3, -0.25) is 4.90 Å². The van der Waals surface area contributed by atoms with Gasteiger partial charge in [0.15, 0.2) is 0 Å². The lowest BCUT2D eigenvalue weighted by Gasteiger charge is -2.51. The summed E-state index contributed by atoms with van der Waals surface area (Å²) in [6.07, 6.45) is 7.13. The second-order valence-electron chi connectivity index (χ2n) is 6.79. The molecular weight excluding hydrogens is 260 g/mol. The van der Waals surface area contributed by atoms with Gasteiger partial charge in [0.2, 0.25) is 0 Å². The van der Waals surface area contributed by atoms with Crippen LogP contribution in [0, 0.1) is 5.92 Å². The van der Waals surface area contributed by atoms with Gasteiger partial charge in [-0.25, -0.2) is 4.98 Å². The minimum absolute atomic E-state index is 0.258. The van der Waals surface area contributed by atoms with Crippen LogP contribution >= 0.6 is 0 Å². The number of hydrogen-bond donors (Lipinski definition) is 1. The SMILES string of the molecule is CC1CCCC(CN)(N2CCN(c3ccccn3)CC2)C1. The van der Waals surface area contributed by atoms with E-state index < -0.39 is 0 Å². The second kappa shape index (κ2) is 6.32. The molecule has 0 aromatic carbocycles. The van der Waals surface area contributed by atoms with Crippen molar-refractivity contribution in [3.05, 3.63) is 24.4 Å². The lowest BCUT2D eigenvalue weighted by molar-refractivity contribution is 0.0346. The Morgan fingerprint density at radius 2 is 2.10 bits per heavy atom. The molecule has 4 heteroatoms. The van der Waals surface area contributed by atoms with E-state index in [-0.39, 0.29) is 5.54 Å². The van der Waals surface area contributed by atoms with Crippen LogP contribution in [0.2, 0.25) is 0 Å². The van der Waals surface area contributed by atoms with E-state index in [9.17, 15) is 0 Å². The number of anilines is 1. The maximum atomic E-state index is 6.21. The monoisotopic (exact) mass is 288 g/mol. The van der Waals surface area contributed by atoms with Crippen molar-refractivity contribution in [1.29, 1.82) is 0 Å². The summed E-state index contributed by atoms with van der Waals surface area (Å²) in [7, 11) is 0. The van der Waals surface area contributed by atoms with Gasteiger partial charge in [0.05, 0.1) is 0 Å². The molecule has 0 spiro atoms. The standard InChI is InChI=1S/C17H28N4/c1-15-5-4-7-17(13-15,14-18)21-11-9-20(10-12-21)16-6-2-3-8-19-16/h2-3,6,8,15H,4-5,7,9-14,18H2,1H3. The van der Waals surface area contributed by atoms with E-state index in [4.69, 9.17) is 5.73 Å². The molecular formula is C17H28N4. The third-order valence-corrected chi connectivity index (χ3v) is 5.37. The summed E-state index contributed by atoms with van der Waals surface area (Å²) >= 11 is 0. The van der Waals surface area contributed by atoms with E-state index in [1.807, 2.05) is 12.3 Å². The molecule has 0 bridgehead atoms. The smallest absolute Gasteiger partial charge is 0.128 e. The van der Waals surface area contributed by atoms with Crippen LogP contribution < -0.4 is 10.6 Å². The minimum atomic E-state index is 0.258. The molecule has 3 rings (SSSR count). The number of aromatic nitrogens is 1. The molecule has 1 aromatic heterocycles. The first kappa shape index (κ1) is 14.8. The van der Waals surface area contributed by atoms with Crippen LogP contribution in [0.15, 0.2) is 24.4 Å². The molecule has 1 aliphatic carbocycles. The van der Waals surface area contributed by atoms with Crippen LogP contribution in [0.25, 0.3) is 0 Å². The molecule has 1 saturated heterocycles. The van der Waals surface area contributed by atoms with E-state index in [1.165, 1.54) is 25.7 Å². The normalized spacial score (nSPS) is 31.3. The Kier molecular flexibility index (Phi) is 4.45. The van der Waals surface area contributed by atoms with Crippen molar-refractivity contribution in [3.8, 4) is 0 Å². The summed E-state index contributed by atoms with van der Waals surface area (Å²) in [6.45, 7) is 7.54. The predicted molar refractivity (Wildman–Crippen MR) is 87.4 cm³/mol. The molecule has 2 unspecified atom stereocenters. The average molecular weight is 288 g/mol. The molecule has 1 aromatic rings. The number of rotatable bonds is 3. The Hall–Kier alpha value is -1.13. The molecule has 2 aliphatic rings. The van der Waals surface area contributed by atoms with Gasteiger partial charge in [0, 0.05) is 44.5 Å². The van der Waals surface area contributed by atoms with Crippen molar-refractivity contribution in [2.75, 3.05) is 37.6 Å². The number of piperazine rings is 1. The first-order valence-electron chi connectivity index (χ1n) is 8.35. The Morgan fingerprint density at radius 3 is 2.71 bits per heavy atom. The Labute approximate surface area is 128 Å². The lowest BCUT2D eigenvalue weighted by Crippen LogP contribution is -2.61. The predicted octanol–water partition coefficient (Wildman–Crippen LogP) is 2.11. The molecule has 2 heterocycles. The van der Waals surface area contributed by atoms with Gasteiger partial charge in [-0.1, -0.05) is 25.8 Å². The second-order valence-corrected chi connectivity index (χ2v) is 6.79. The van der Waals surface area contributed by atoms with Gasteiger partial charge in [0.25, 0.3) is 0 Å². The van der Waals surface area contributed by atoms with Crippen LogP contribution in [0.4, 0.5) is 5.82 Å². The Bertz CT molecular complexity index is 441. The molecule has 1 aliphatic heterocycles. The van der Waals surface area contributed by atoms with Crippen molar-refractivity contribution < 1.29 is 0 Å². The summed E-state index contributed by atoms with van der Waals surface area (Å²) in [6, 6.07) is 6.16. The van der Waals surface area contributed by atoms with Crippen molar-refractivity contribution in [1.82, 2.24) is 9.88 Å². The first-order valence-corrected chi connectivity index (χ1v) is 8.35. The van der Waals surface area contributed by atoms with Crippen LogP contribution in [-0.4, -0.2) is 48.1 Å². The molecule has 4 nitrogen and oxygen atoms in total. The molecule has 21 heavy (non-hydrogen) atoms. The van der Waals surface area contributed by atoms with Gasteiger partial charge >= 0.3 is 0 Å². The summed E-state index contributed by atoms with van der Waals surface area (Å²) in [4.78, 5) is 9.54. The zero-order chi connectivity index (χ0) is 14.7. The van der Waals surface area contributed by atoms with Gasteiger partial charge < -0.3 is 10.6 Å². The van der Waals surface area contributed by atoms with E-state index in [0.717, 1.165) is 44.5 Å². The summed E-state index contributed by atoms with van der Waals surface area (Å²) < 4.78 is 0. The number of nitrogens with two attached hydrogens (primary N) is 1. The zero-order valence-corrected chi connectivity index (χ0v) is 13.2. The number of nitrogens with zero attached hydrogens (tertiary/aromatic N) is 3. The van der Waals surface area contributed by atoms with Crippen LogP contribution in [0.1, 0.15) is 32.6 Å². The number of hydrogen-bond acceptors (Lipinski definition) is 4. The van der Waals surface area contributed by atoms with Crippen LogP contribution in [0.3, 0.4) is 0 Å². The molecule has 2 atom stereocenters. The minimum Gasteiger partial charge on any atom is -0.354 e. The molecule has 2 fully saturated rings. The Morgan fingerprint density at radius 1 is 1.29 bits per heavy atom. The van der Waals surface area contributed by atoms with Crippen molar-refractivity contribution in [3.63, 3.8) is 0 Å². The van der Waals surface area contributed by atoms with Crippen LogP contribution in [-0.2, 0) is 0 Å². The third kappa shape index (κ3) is 3.06. The molecule has 0 radical (unpaired) electrons. The molecule has 2 N–H and O–H groups in total. The highest BCUT2D eigenvalue weighted by atomic mass is 15.3. The maximum Gasteiger partial charge on any atom is 0.128 e.